The number of nitrogens with one attached hydrogen (secondary N) is 2. The van der Waals surface area contributed by atoms with Crippen LogP contribution in [-0.4, -0.2) is 52.5 Å². The third-order valence-corrected chi connectivity index (χ3v) is 6.40. The number of ether oxygens (including phenoxy) is 2. The fourth-order valence-corrected chi connectivity index (χ4v) is 4.55. The van der Waals surface area contributed by atoms with E-state index >= 15 is 0 Å². The number of hydrogen-bond donors (Lipinski definition) is 3. The molecule has 2 heterocycles. The summed E-state index contributed by atoms with van der Waals surface area (Å²) < 4.78 is 11.5. The van der Waals surface area contributed by atoms with Crippen molar-refractivity contribution in [1.82, 2.24) is 10.3 Å². The third kappa shape index (κ3) is 5.15. The number of hydrazone groups is 1. The molecule has 2 aromatic rings. The molecular formula is C23H25ClN4O4S. The number of nitrogens with zero attached hydrogens (tertiary/aromatic N) is 2. The Kier molecular flexibility index (Phi) is 6.62. The van der Waals surface area contributed by atoms with Gasteiger partial charge < -0.3 is 24.8 Å². The first kappa shape index (κ1) is 23.1. The SMILES string of the molecule is COc1ccc(NC(=S)NN=C2CC3(CCN(C(C)=O)CC3)Oc3ccc(O)cc32)cc1Cl. The highest BCUT2D eigenvalue weighted by Gasteiger charge is 2.42. The second-order valence-corrected chi connectivity index (χ2v) is 8.94. The zero-order chi connectivity index (χ0) is 23.6. The Morgan fingerprint density at radius 2 is 2.03 bits per heavy atom. The highest BCUT2D eigenvalue weighted by molar-refractivity contribution is 7.80. The number of amides is 1. The summed E-state index contributed by atoms with van der Waals surface area (Å²) in [5, 5.41) is 18.4. The van der Waals surface area contributed by atoms with Crippen molar-refractivity contribution in [2.75, 3.05) is 25.5 Å². The second-order valence-electron chi connectivity index (χ2n) is 8.12. The quantitative estimate of drug-likeness (QED) is 0.445. The maximum absolute atomic E-state index is 11.7. The standard InChI is InChI=1S/C23H25ClN4O4S/c1-14(29)28-9-7-23(8-10-28)13-19(17-12-16(30)4-6-20(17)32-23)26-27-22(33)25-15-3-5-21(31-2)18(24)11-15/h3-6,11-12,30H,7-10,13H2,1-2H3,(H2,25,27,33). The first-order valence-electron chi connectivity index (χ1n) is 10.5. The smallest absolute Gasteiger partial charge is 0.219 e. The van der Waals surface area contributed by atoms with Gasteiger partial charge in [-0.15, -0.1) is 0 Å². The fraction of sp³-hybridized carbons (Fsp3) is 0.348. The van der Waals surface area contributed by atoms with Crippen molar-refractivity contribution in [3.05, 3.63) is 47.0 Å². The van der Waals surface area contributed by atoms with E-state index in [1.807, 2.05) is 4.90 Å². The predicted octanol–water partition coefficient (Wildman–Crippen LogP) is 3.91. The van der Waals surface area contributed by atoms with Gasteiger partial charge in [-0.2, -0.15) is 5.10 Å². The number of thiocarbonyl (C=S) groups is 1. The van der Waals surface area contributed by atoms with Gasteiger partial charge in [0.15, 0.2) is 5.11 Å². The minimum atomic E-state index is -0.463. The lowest BCUT2D eigenvalue weighted by molar-refractivity contribution is -0.132. The van der Waals surface area contributed by atoms with Crippen LogP contribution in [0, 0.1) is 0 Å². The molecule has 174 valence electrons. The van der Waals surface area contributed by atoms with Gasteiger partial charge in [0, 0.05) is 50.5 Å². The molecule has 2 aliphatic heterocycles. The number of fused-ring (bicyclic) bond motifs is 1. The zero-order valence-electron chi connectivity index (χ0n) is 18.4. The van der Waals surface area contributed by atoms with E-state index < -0.39 is 5.60 Å². The zero-order valence-corrected chi connectivity index (χ0v) is 19.9. The molecule has 0 aliphatic carbocycles. The Morgan fingerprint density at radius 3 is 2.70 bits per heavy atom. The number of methoxy groups -OCH3 is 1. The van der Waals surface area contributed by atoms with Crippen molar-refractivity contribution in [3.8, 4) is 17.2 Å². The molecular weight excluding hydrogens is 464 g/mol. The molecule has 3 N–H and O–H groups in total. The molecule has 0 unspecified atom stereocenters. The maximum atomic E-state index is 11.7. The molecule has 1 saturated heterocycles. The molecule has 0 saturated carbocycles. The van der Waals surface area contributed by atoms with Crippen molar-refractivity contribution in [2.24, 2.45) is 5.10 Å². The number of phenolic OH excluding ortho intramolecular Hbond substituents is 1. The van der Waals surface area contributed by atoms with Crippen molar-refractivity contribution in [3.63, 3.8) is 0 Å². The minimum Gasteiger partial charge on any atom is -0.508 e. The first-order valence-corrected chi connectivity index (χ1v) is 11.3. The Balaban J connectivity index is 1.52. The van der Waals surface area contributed by atoms with Crippen molar-refractivity contribution in [1.29, 1.82) is 0 Å². The van der Waals surface area contributed by atoms with Crippen LogP contribution in [0.1, 0.15) is 31.7 Å². The van der Waals surface area contributed by atoms with Crippen LogP contribution in [0.4, 0.5) is 5.69 Å². The van der Waals surface area contributed by atoms with Gasteiger partial charge >= 0.3 is 0 Å². The topological polar surface area (TPSA) is 95.4 Å². The number of carbonyl (C=O) groups is 1. The molecule has 10 heteroatoms. The Hall–Kier alpha value is -3.04. The van der Waals surface area contributed by atoms with E-state index in [0.717, 1.165) is 5.71 Å². The predicted molar refractivity (Wildman–Crippen MR) is 131 cm³/mol. The van der Waals surface area contributed by atoms with E-state index in [4.69, 9.17) is 33.3 Å². The van der Waals surface area contributed by atoms with Crippen LogP contribution in [0.15, 0.2) is 41.5 Å². The molecule has 2 aliphatic rings. The number of rotatable bonds is 3. The Labute approximate surface area is 202 Å². The van der Waals surface area contributed by atoms with Gasteiger partial charge in [-0.05, 0) is 48.6 Å². The Bertz CT molecular complexity index is 1120. The lowest BCUT2D eigenvalue weighted by Gasteiger charge is -2.44. The van der Waals surface area contributed by atoms with Crippen LogP contribution in [0.5, 0.6) is 17.2 Å². The summed E-state index contributed by atoms with van der Waals surface area (Å²) in [5.74, 6) is 1.41. The van der Waals surface area contributed by atoms with Crippen molar-refractivity contribution < 1.29 is 19.4 Å². The van der Waals surface area contributed by atoms with Gasteiger partial charge in [-0.1, -0.05) is 11.6 Å². The van der Waals surface area contributed by atoms with Crippen LogP contribution in [0.2, 0.25) is 5.02 Å². The third-order valence-electron chi connectivity index (χ3n) is 5.91. The molecule has 4 rings (SSSR count). The van der Waals surface area contributed by atoms with Crippen LogP contribution in [-0.2, 0) is 4.79 Å². The number of likely N-dealkylation sites (tertiary alicyclic amines) is 1. The van der Waals surface area contributed by atoms with E-state index in [2.05, 4.69) is 15.8 Å². The molecule has 1 fully saturated rings. The summed E-state index contributed by atoms with van der Waals surface area (Å²) in [5.41, 5.74) is 4.55. The number of hydrogen-bond acceptors (Lipinski definition) is 6. The highest BCUT2D eigenvalue weighted by atomic mass is 35.5. The van der Waals surface area contributed by atoms with Gasteiger partial charge in [-0.25, -0.2) is 0 Å². The number of anilines is 1. The number of aromatic hydroxyl groups is 1. The number of phenols is 1. The fourth-order valence-electron chi connectivity index (χ4n) is 4.13. The second kappa shape index (κ2) is 9.44. The Morgan fingerprint density at radius 1 is 1.27 bits per heavy atom. The molecule has 1 amide bonds. The average Bonchev–Trinajstić information content (AvgIpc) is 2.78. The summed E-state index contributed by atoms with van der Waals surface area (Å²) in [6, 6.07) is 10.2. The van der Waals surface area contributed by atoms with E-state index in [-0.39, 0.29) is 16.8 Å². The van der Waals surface area contributed by atoms with Gasteiger partial charge in [0.05, 0.1) is 17.8 Å². The molecule has 0 aromatic heterocycles. The molecule has 2 aromatic carbocycles. The van der Waals surface area contributed by atoms with Crippen molar-refractivity contribution in [2.45, 2.75) is 31.8 Å². The summed E-state index contributed by atoms with van der Waals surface area (Å²) in [6.07, 6.45) is 1.91. The minimum absolute atomic E-state index is 0.0663. The first-order chi connectivity index (χ1) is 15.8. The van der Waals surface area contributed by atoms with Crippen LogP contribution < -0.4 is 20.2 Å². The molecule has 0 atom stereocenters. The molecule has 8 nitrogen and oxygen atoms in total. The van der Waals surface area contributed by atoms with E-state index in [0.29, 0.717) is 60.1 Å². The van der Waals surface area contributed by atoms with E-state index in [1.165, 1.54) is 0 Å². The van der Waals surface area contributed by atoms with Crippen LogP contribution in [0.3, 0.4) is 0 Å². The normalized spacial score (nSPS) is 17.8. The van der Waals surface area contributed by atoms with Crippen LogP contribution >= 0.6 is 23.8 Å². The monoisotopic (exact) mass is 488 g/mol. The number of benzene rings is 2. The van der Waals surface area contributed by atoms with Gasteiger partial charge in [-0.3, -0.25) is 10.2 Å². The van der Waals surface area contributed by atoms with E-state index in [9.17, 15) is 9.90 Å². The van der Waals surface area contributed by atoms with E-state index in [1.54, 1.807) is 50.4 Å². The van der Waals surface area contributed by atoms with Gasteiger partial charge in [0.25, 0.3) is 0 Å². The summed E-state index contributed by atoms with van der Waals surface area (Å²) in [4.78, 5) is 13.6. The van der Waals surface area contributed by atoms with Gasteiger partial charge in [0.2, 0.25) is 5.91 Å². The molecule has 0 bridgehead atoms. The summed E-state index contributed by atoms with van der Waals surface area (Å²) >= 11 is 11.6. The number of piperidine rings is 1. The van der Waals surface area contributed by atoms with Crippen LogP contribution in [0.25, 0.3) is 0 Å². The number of halogens is 1. The highest BCUT2D eigenvalue weighted by Crippen LogP contribution is 2.40. The molecule has 33 heavy (non-hydrogen) atoms. The van der Waals surface area contributed by atoms with Gasteiger partial charge in [0.1, 0.15) is 22.8 Å². The summed E-state index contributed by atoms with van der Waals surface area (Å²) in [6.45, 7) is 2.84. The number of carbonyl (C=O) groups excluding carboxylic acids is 1. The largest absolute Gasteiger partial charge is 0.508 e. The lowest BCUT2D eigenvalue weighted by Crippen LogP contribution is -2.52. The summed E-state index contributed by atoms with van der Waals surface area (Å²) in [7, 11) is 1.55. The maximum Gasteiger partial charge on any atom is 0.219 e. The average molecular weight is 489 g/mol. The molecule has 1 spiro atoms. The van der Waals surface area contributed by atoms with Crippen molar-refractivity contribution >= 4 is 46.2 Å². The molecule has 0 radical (unpaired) electrons. The lowest BCUT2D eigenvalue weighted by atomic mass is 9.82.